The van der Waals surface area contributed by atoms with Crippen molar-refractivity contribution in [3.05, 3.63) is 12.4 Å². The van der Waals surface area contributed by atoms with Gasteiger partial charge in [0.05, 0.1) is 0 Å². The van der Waals surface area contributed by atoms with Gasteiger partial charge < -0.3 is 15.2 Å². The van der Waals surface area contributed by atoms with E-state index in [1.165, 1.54) is 25.9 Å². The molecule has 0 spiro atoms. The van der Waals surface area contributed by atoms with E-state index in [0.29, 0.717) is 6.04 Å². The molecular weight excluding hydrogens is 176 g/mol. The van der Waals surface area contributed by atoms with Crippen LogP contribution in [-0.4, -0.2) is 40.5 Å². The van der Waals surface area contributed by atoms with Gasteiger partial charge in [0.25, 0.3) is 0 Å². The Morgan fingerprint density at radius 3 is 3.00 bits per heavy atom. The van der Waals surface area contributed by atoms with E-state index in [9.17, 15) is 0 Å². The second-order valence-electron chi connectivity index (χ2n) is 3.99. The first kappa shape index (κ1) is 9.52. The standard InChI is InChI=1S/C10H18N4/c1-9(8-14-6-2-3-7-14)13-10-11-4-5-12-10/h4-5,9H,2-3,6-8H2,1H3,(H2,11,12,13). The van der Waals surface area contributed by atoms with Gasteiger partial charge in [-0.1, -0.05) is 0 Å². The SMILES string of the molecule is CC(CN1CCCC1)Nc1ncc[nH]1. The first-order chi connectivity index (χ1) is 6.84. The Balaban J connectivity index is 1.75. The van der Waals surface area contributed by atoms with Crippen LogP contribution < -0.4 is 5.32 Å². The molecular formula is C10H18N4. The molecule has 1 aliphatic rings. The van der Waals surface area contributed by atoms with Gasteiger partial charge in [-0.25, -0.2) is 4.98 Å². The van der Waals surface area contributed by atoms with Crippen molar-refractivity contribution >= 4 is 5.95 Å². The topological polar surface area (TPSA) is 44.0 Å². The molecule has 1 saturated heterocycles. The summed E-state index contributed by atoms with van der Waals surface area (Å²) in [5.41, 5.74) is 0. The van der Waals surface area contributed by atoms with E-state index >= 15 is 0 Å². The zero-order chi connectivity index (χ0) is 9.80. The lowest BCUT2D eigenvalue weighted by atomic mass is 10.3. The molecule has 1 aliphatic heterocycles. The summed E-state index contributed by atoms with van der Waals surface area (Å²) >= 11 is 0. The van der Waals surface area contributed by atoms with Crippen LogP contribution in [-0.2, 0) is 0 Å². The van der Waals surface area contributed by atoms with Gasteiger partial charge in [0.15, 0.2) is 5.95 Å². The third kappa shape index (κ3) is 2.48. The van der Waals surface area contributed by atoms with Crippen LogP contribution in [0.2, 0.25) is 0 Å². The maximum Gasteiger partial charge on any atom is 0.200 e. The van der Waals surface area contributed by atoms with Crippen molar-refractivity contribution in [2.45, 2.75) is 25.8 Å². The summed E-state index contributed by atoms with van der Waals surface area (Å²) < 4.78 is 0. The maximum absolute atomic E-state index is 4.15. The molecule has 4 heteroatoms. The molecule has 1 fully saturated rings. The average Bonchev–Trinajstić information content (AvgIpc) is 2.76. The molecule has 1 unspecified atom stereocenters. The van der Waals surface area contributed by atoms with E-state index in [4.69, 9.17) is 0 Å². The summed E-state index contributed by atoms with van der Waals surface area (Å²) in [6.45, 7) is 5.82. The number of hydrogen-bond acceptors (Lipinski definition) is 3. The third-order valence-corrected chi connectivity index (χ3v) is 2.61. The Morgan fingerprint density at radius 2 is 2.36 bits per heavy atom. The number of rotatable bonds is 4. The number of imidazole rings is 1. The number of nitrogens with zero attached hydrogens (tertiary/aromatic N) is 2. The molecule has 4 nitrogen and oxygen atoms in total. The normalized spacial score (nSPS) is 19.8. The summed E-state index contributed by atoms with van der Waals surface area (Å²) in [4.78, 5) is 9.70. The molecule has 0 saturated carbocycles. The van der Waals surface area contributed by atoms with Crippen molar-refractivity contribution in [3.63, 3.8) is 0 Å². The monoisotopic (exact) mass is 194 g/mol. The lowest BCUT2D eigenvalue weighted by molar-refractivity contribution is 0.327. The molecule has 0 bridgehead atoms. The predicted molar refractivity (Wildman–Crippen MR) is 57.3 cm³/mol. The second kappa shape index (κ2) is 4.46. The Bertz CT molecular complexity index is 251. The Hall–Kier alpha value is -1.03. The minimum atomic E-state index is 0.458. The van der Waals surface area contributed by atoms with Gasteiger partial charge in [-0.05, 0) is 32.9 Å². The number of aromatic amines is 1. The van der Waals surface area contributed by atoms with Gasteiger partial charge in [-0.15, -0.1) is 0 Å². The van der Waals surface area contributed by atoms with E-state index in [1.54, 1.807) is 6.20 Å². The highest BCUT2D eigenvalue weighted by atomic mass is 15.2. The highest BCUT2D eigenvalue weighted by molar-refractivity contribution is 5.24. The van der Waals surface area contributed by atoms with Crippen LogP contribution in [0.4, 0.5) is 5.95 Å². The summed E-state index contributed by atoms with van der Waals surface area (Å²) in [6, 6.07) is 0.458. The molecule has 14 heavy (non-hydrogen) atoms. The van der Waals surface area contributed by atoms with Gasteiger partial charge >= 0.3 is 0 Å². The first-order valence-electron chi connectivity index (χ1n) is 5.33. The van der Waals surface area contributed by atoms with Crippen LogP contribution in [0, 0.1) is 0 Å². The van der Waals surface area contributed by atoms with Crippen molar-refractivity contribution < 1.29 is 0 Å². The third-order valence-electron chi connectivity index (χ3n) is 2.61. The maximum atomic E-state index is 4.15. The molecule has 78 valence electrons. The molecule has 1 atom stereocenters. The molecule has 1 aromatic heterocycles. The fourth-order valence-corrected chi connectivity index (χ4v) is 1.98. The number of anilines is 1. The van der Waals surface area contributed by atoms with E-state index in [1.807, 2.05) is 6.20 Å². The summed E-state index contributed by atoms with van der Waals surface area (Å²) in [5, 5.41) is 3.34. The van der Waals surface area contributed by atoms with Gasteiger partial charge in [0.2, 0.25) is 0 Å². The van der Waals surface area contributed by atoms with E-state index in [2.05, 4.69) is 27.1 Å². The number of nitrogens with one attached hydrogen (secondary N) is 2. The minimum Gasteiger partial charge on any atom is -0.352 e. The summed E-state index contributed by atoms with van der Waals surface area (Å²) in [7, 11) is 0. The quantitative estimate of drug-likeness (QED) is 0.759. The molecule has 2 heterocycles. The molecule has 1 aromatic rings. The molecule has 0 amide bonds. The summed E-state index contributed by atoms with van der Waals surface area (Å²) in [5.74, 6) is 0.872. The number of hydrogen-bond donors (Lipinski definition) is 2. The average molecular weight is 194 g/mol. The van der Waals surface area contributed by atoms with Crippen LogP contribution >= 0.6 is 0 Å². The van der Waals surface area contributed by atoms with Gasteiger partial charge in [0.1, 0.15) is 0 Å². The van der Waals surface area contributed by atoms with Crippen molar-refractivity contribution in [1.29, 1.82) is 0 Å². The van der Waals surface area contributed by atoms with Gasteiger partial charge in [-0.3, -0.25) is 0 Å². The highest BCUT2D eigenvalue weighted by Gasteiger charge is 2.14. The fraction of sp³-hybridized carbons (Fsp3) is 0.700. The molecule has 0 radical (unpaired) electrons. The van der Waals surface area contributed by atoms with E-state index in [0.717, 1.165) is 12.5 Å². The van der Waals surface area contributed by atoms with E-state index < -0.39 is 0 Å². The Labute approximate surface area is 84.7 Å². The summed E-state index contributed by atoms with van der Waals surface area (Å²) in [6.07, 6.45) is 6.32. The largest absolute Gasteiger partial charge is 0.352 e. The smallest absolute Gasteiger partial charge is 0.200 e. The Kier molecular flexibility index (Phi) is 3.03. The van der Waals surface area contributed by atoms with Crippen molar-refractivity contribution in [3.8, 4) is 0 Å². The predicted octanol–water partition coefficient (Wildman–Crippen LogP) is 1.31. The molecule has 2 rings (SSSR count). The first-order valence-corrected chi connectivity index (χ1v) is 5.33. The lowest BCUT2D eigenvalue weighted by Gasteiger charge is -2.20. The van der Waals surface area contributed by atoms with Crippen molar-refractivity contribution in [1.82, 2.24) is 14.9 Å². The Morgan fingerprint density at radius 1 is 1.57 bits per heavy atom. The van der Waals surface area contributed by atoms with Crippen LogP contribution in [0.1, 0.15) is 19.8 Å². The fourth-order valence-electron chi connectivity index (χ4n) is 1.98. The van der Waals surface area contributed by atoms with Crippen molar-refractivity contribution in [2.75, 3.05) is 25.0 Å². The van der Waals surface area contributed by atoms with Crippen molar-refractivity contribution in [2.24, 2.45) is 0 Å². The highest BCUT2D eigenvalue weighted by Crippen LogP contribution is 2.09. The number of H-pyrrole nitrogens is 1. The second-order valence-corrected chi connectivity index (χ2v) is 3.99. The number of aromatic nitrogens is 2. The lowest BCUT2D eigenvalue weighted by Crippen LogP contribution is -2.33. The van der Waals surface area contributed by atoms with E-state index in [-0.39, 0.29) is 0 Å². The van der Waals surface area contributed by atoms with Gasteiger partial charge in [0, 0.05) is 25.0 Å². The van der Waals surface area contributed by atoms with Crippen LogP contribution in [0.25, 0.3) is 0 Å². The molecule has 2 N–H and O–H groups in total. The van der Waals surface area contributed by atoms with Gasteiger partial charge in [-0.2, -0.15) is 0 Å². The molecule has 0 aliphatic carbocycles. The minimum absolute atomic E-state index is 0.458. The van der Waals surface area contributed by atoms with Crippen LogP contribution in [0.3, 0.4) is 0 Å². The molecule has 0 aromatic carbocycles. The zero-order valence-electron chi connectivity index (χ0n) is 8.66. The van der Waals surface area contributed by atoms with Crippen LogP contribution in [0.15, 0.2) is 12.4 Å². The number of likely N-dealkylation sites (tertiary alicyclic amines) is 1. The zero-order valence-corrected chi connectivity index (χ0v) is 8.66. The van der Waals surface area contributed by atoms with Crippen LogP contribution in [0.5, 0.6) is 0 Å².